The van der Waals surface area contributed by atoms with Crippen LogP contribution in [0.5, 0.6) is 0 Å². The molecule has 0 amide bonds. The van der Waals surface area contributed by atoms with Crippen LogP contribution in [0, 0.1) is 17.3 Å². The Bertz CT molecular complexity index is 1480. The zero-order chi connectivity index (χ0) is 36.2. The van der Waals surface area contributed by atoms with Gasteiger partial charge >= 0.3 is 5.97 Å². The molecule has 272 valence electrons. The maximum absolute atomic E-state index is 13.4. The second-order valence-corrected chi connectivity index (χ2v) is 29.0. The molecule has 0 N–H and O–H groups in total. The predicted molar refractivity (Wildman–Crippen MR) is 220 cm³/mol. The van der Waals surface area contributed by atoms with Crippen LogP contribution in [-0.2, 0) is 13.6 Å². The number of hydrogen-bond donors (Lipinski definition) is 0. The Morgan fingerprint density at radius 3 is 1.82 bits per heavy atom. The summed E-state index contributed by atoms with van der Waals surface area (Å²) >= 11 is 4.20. The predicted octanol–water partition coefficient (Wildman–Crippen LogP) is 10.0. The number of rotatable bonds is 11. The minimum Gasteiger partial charge on any atom is -0.462 e. The van der Waals surface area contributed by atoms with Crippen molar-refractivity contribution in [2.45, 2.75) is 102 Å². The molecule has 1 aliphatic heterocycles. The largest absolute Gasteiger partial charge is 0.462 e. The Balaban J connectivity index is 1.59. The van der Waals surface area contributed by atoms with E-state index in [-0.39, 0.29) is 39.4 Å². The summed E-state index contributed by atoms with van der Waals surface area (Å²) in [5.74, 6) is 2.45. The van der Waals surface area contributed by atoms with Gasteiger partial charge in [0.2, 0.25) is 0 Å². The molecule has 0 spiro atoms. The topological polar surface area (TPSA) is 44.8 Å². The van der Waals surface area contributed by atoms with E-state index in [1.54, 1.807) is 0 Å². The molecule has 5 rings (SSSR count). The number of thioether (sulfide) groups is 2. The van der Waals surface area contributed by atoms with Gasteiger partial charge in [-0.3, -0.25) is 0 Å². The highest BCUT2D eigenvalue weighted by atomic mass is 32.2. The van der Waals surface area contributed by atoms with Gasteiger partial charge in [0, 0.05) is 17.9 Å². The van der Waals surface area contributed by atoms with Gasteiger partial charge in [0.1, 0.15) is 0 Å². The molecule has 2 aliphatic rings. The van der Waals surface area contributed by atoms with Gasteiger partial charge in [-0.05, 0) is 82.4 Å². The van der Waals surface area contributed by atoms with Crippen LogP contribution in [0.25, 0.3) is 0 Å². The number of esters is 1. The molecule has 3 aromatic rings. The van der Waals surface area contributed by atoms with Crippen LogP contribution in [0.4, 0.5) is 0 Å². The van der Waals surface area contributed by atoms with Crippen molar-refractivity contribution in [1.29, 1.82) is 0 Å². The molecule has 1 saturated carbocycles. The number of hydrogen-bond acceptors (Lipinski definition) is 6. The van der Waals surface area contributed by atoms with Crippen LogP contribution in [0.15, 0.2) is 91.0 Å². The molecular formula is C42H60O4S2Si2. The quantitative estimate of drug-likeness (QED) is 0.144. The lowest BCUT2D eigenvalue weighted by Gasteiger charge is -2.55. The molecule has 1 heterocycles. The Labute approximate surface area is 313 Å². The summed E-state index contributed by atoms with van der Waals surface area (Å²) in [4.78, 5) is 13.4. The third-order valence-electron chi connectivity index (χ3n) is 11.6. The summed E-state index contributed by atoms with van der Waals surface area (Å²) in [6.07, 6.45) is 3.18. The summed E-state index contributed by atoms with van der Waals surface area (Å²) in [6, 6.07) is 31.4. The van der Waals surface area contributed by atoms with Crippen molar-refractivity contribution in [3.8, 4) is 0 Å². The Morgan fingerprint density at radius 1 is 0.800 bits per heavy atom. The van der Waals surface area contributed by atoms with Crippen molar-refractivity contribution in [3.05, 3.63) is 96.6 Å². The van der Waals surface area contributed by atoms with Gasteiger partial charge in [-0.2, -0.15) is 0 Å². The van der Waals surface area contributed by atoms with Gasteiger partial charge in [-0.15, -0.1) is 23.5 Å². The highest BCUT2D eigenvalue weighted by Crippen LogP contribution is 2.55. The minimum absolute atomic E-state index is 0.0696. The average Bonchev–Trinajstić information content (AvgIpc) is 3.09. The Hall–Kier alpha value is -1.82. The lowest BCUT2D eigenvalue weighted by molar-refractivity contribution is -0.0721. The van der Waals surface area contributed by atoms with E-state index in [1.165, 1.54) is 16.8 Å². The van der Waals surface area contributed by atoms with Crippen molar-refractivity contribution < 1.29 is 18.4 Å². The molecule has 8 heteroatoms. The van der Waals surface area contributed by atoms with Gasteiger partial charge in [-0.1, -0.05) is 127 Å². The first-order valence-corrected chi connectivity index (χ1v) is 25.4. The smallest absolute Gasteiger partial charge is 0.338 e. The van der Waals surface area contributed by atoms with Crippen molar-refractivity contribution in [2.24, 2.45) is 17.3 Å². The standard InChI is InChI=1S/C42H60O4S2Si2/c1-40(2,3)49(8,9)46-36-26-27-42(7,31-44-38(43)32-20-13-10-14-21-32)37(39-47-28-19-29-48-39)35(36)30-45-50(41(4,5)6,33-22-15-11-16-23-33)34-24-17-12-18-25-34/h10-18,20-25,35-37,39H,19,26-31H2,1-9H3/t35-,36+,37+,42+/m1/s1. The van der Waals surface area contributed by atoms with E-state index in [1.807, 2.05) is 30.3 Å². The first-order chi connectivity index (χ1) is 23.6. The van der Waals surface area contributed by atoms with Crippen LogP contribution < -0.4 is 10.4 Å². The molecule has 0 radical (unpaired) electrons. The zero-order valence-corrected chi connectivity index (χ0v) is 35.5. The van der Waals surface area contributed by atoms with E-state index in [0.717, 1.165) is 24.3 Å². The second-order valence-electron chi connectivity index (χ2n) is 17.2. The molecule has 3 aromatic carbocycles. The lowest BCUT2D eigenvalue weighted by Crippen LogP contribution is -2.67. The maximum atomic E-state index is 13.4. The number of benzene rings is 3. The van der Waals surface area contributed by atoms with Crippen LogP contribution in [0.2, 0.25) is 23.2 Å². The zero-order valence-electron chi connectivity index (χ0n) is 31.9. The van der Waals surface area contributed by atoms with Gasteiger partial charge in [0.25, 0.3) is 8.32 Å². The second kappa shape index (κ2) is 16.1. The number of carbonyl (C=O) groups excluding carboxylic acids is 1. The summed E-state index contributed by atoms with van der Waals surface area (Å²) in [7, 11) is -4.93. The minimum atomic E-state index is -2.81. The van der Waals surface area contributed by atoms with Crippen LogP contribution in [0.1, 0.15) is 78.1 Å². The van der Waals surface area contributed by atoms with Crippen LogP contribution in [-0.4, -0.2) is 58.0 Å². The van der Waals surface area contributed by atoms with Crippen molar-refractivity contribution in [2.75, 3.05) is 24.7 Å². The van der Waals surface area contributed by atoms with E-state index in [9.17, 15) is 4.79 Å². The molecule has 1 aliphatic carbocycles. The molecule has 1 saturated heterocycles. The molecule has 50 heavy (non-hydrogen) atoms. The van der Waals surface area contributed by atoms with E-state index in [2.05, 4.69) is 146 Å². The molecule has 0 unspecified atom stereocenters. The summed E-state index contributed by atoms with van der Waals surface area (Å²) in [5, 5.41) is 2.56. The Morgan fingerprint density at radius 2 is 1.32 bits per heavy atom. The molecule has 0 aromatic heterocycles. The monoisotopic (exact) mass is 748 g/mol. The van der Waals surface area contributed by atoms with Gasteiger partial charge in [0.15, 0.2) is 8.32 Å². The highest BCUT2D eigenvalue weighted by Gasteiger charge is 2.56. The van der Waals surface area contributed by atoms with E-state index in [0.29, 0.717) is 23.4 Å². The van der Waals surface area contributed by atoms with Crippen molar-refractivity contribution in [3.63, 3.8) is 0 Å². The van der Waals surface area contributed by atoms with Crippen LogP contribution in [0.3, 0.4) is 0 Å². The average molecular weight is 749 g/mol. The summed E-state index contributed by atoms with van der Waals surface area (Å²) in [5.41, 5.74) is 0.384. The maximum Gasteiger partial charge on any atom is 0.338 e. The highest BCUT2D eigenvalue weighted by molar-refractivity contribution is 8.17. The first kappa shape index (κ1) is 39.4. The fourth-order valence-corrected chi connectivity index (χ4v) is 17.5. The molecule has 4 nitrogen and oxygen atoms in total. The molecular weight excluding hydrogens is 689 g/mol. The van der Waals surface area contributed by atoms with Gasteiger partial charge in [-0.25, -0.2) is 4.79 Å². The van der Waals surface area contributed by atoms with E-state index in [4.69, 9.17) is 13.6 Å². The van der Waals surface area contributed by atoms with Crippen molar-refractivity contribution >= 4 is 56.5 Å². The molecule has 0 bridgehead atoms. The fourth-order valence-electron chi connectivity index (χ4n) is 7.80. The summed E-state index contributed by atoms with van der Waals surface area (Å²) < 4.78 is 21.9. The first-order valence-electron chi connectivity index (χ1n) is 18.5. The fraction of sp³-hybridized carbons (Fsp3) is 0.548. The third kappa shape index (κ3) is 8.52. The van der Waals surface area contributed by atoms with Gasteiger partial charge in [0.05, 0.1) is 22.9 Å². The van der Waals surface area contributed by atoms with Crippen LogP contribution >= 0.6 is 23.5 Å². The van der Waals surface area contributed by atoms with Crippen molar-refractivity contribution in [1.82, 2.24) is 0 Å². The lowest BCUT2D eigenvalue weighted by atomic mass is 9.62. The molecule has 2 fully saturated rings. The van der Waals surface area contributed by atoms with Gasteiger partial charge < -0.3 is 13.6 Å². The normalized spacial score (nSPS) is 24.1. The number of carbonyl (C=O) groups is 1. The SMILES string of the molecule is CC(C)(C)[Si](C)(C)O[C@H]1CC[C@@](C)(COC(=O)c2ccccc2)[C@H](C2SCCCS2)[C@@H]1CO[Si](c1ccccc1)(c1ccccc1)C(C)(C)C. The number of ether oxygens (including phenoxy) is 1. The van der Waals surface area contributed by atoms with E-state index >= 15 is 0 Å². The third-order valence-corrected chi connectivity index (χ3v) is 24.2. The molecule has 4 atom stereocenters. The van der Waals surface area contributed by atoms with E-state index < -0.39 is 16.6 Å². The summed E-state index contributed by atoms with van der Waals surface area (Å²) in [6.45, 7) is 22.3. The Kier molecular flexibility index (Phi) is 12.6.